The third-order valence-electron chi connectivity index (χ3n) is 11.6. The minimum absolute atomic E-state index is 0.103. The molecule has 2 fully saturated rings. The van der Waals surface area contributed by atoms with Gasteiger partial charge in [-0.1, -0.05) is 41.9 Å². The molecule has 7 rings (SSSR count). The van der Waals surface area contributed by atoms with Gasteiger partial charge in [0.05, 0.1) is 62.0 Å². The summed E-state index contributed by atoms with van der Waals surface area (Å²) in [6.45, 7) is 1.68. The highest BCUT2D eigenvalue weighted by Crippen LogP contribution is 2.42. The lowest BCUT2D eigenvalue weighted by molar-refractivity contribution is -0.138. The highest BCUT2D eigenvalue weighted by atomic mass is 35.5. The summed E-state index contributed by atoms with van der Waals surface area (Å²) in [6, 6.07) is 19.0. The molecule has 4 aromatic carbocycles. The number of halogens is 2. The van der Waals surface area contributed by atoms with Crippen LogP contribution in [-0.2, 0) is 22.6 Å². The molecule has 3 N–H and O–H groups in total. The quantitative estimate of drug-likeness (QED) is 0.102. The molecule has 2 aliphatic rings. The summed E-state index contributed by atoms with van der Waals surface area (Å²) in [5.74, 6) is 0.740. The molecule has 1 saturated heterocycles. The number of nitrogens with one attached hydrogen (secondary N) is 1. The molecule has 0 amide bonds. The predicted molar refractivity (Wildman–Crippen MR) is 218 cm³/mol. The van der Waals surface area contributed by atoms with Gasteiger partial charge in [-0.05, 0) is 74.4 Å². The van der Waals surface area contributed by atoms with E-state index in [1.54, 1.807) is 27.5 Å². The molecule has 57 heavy (non-hydrogen) atoms. The Labute approximate surface area is 337 Å². The highest BCUT2D eigenvalue weighted by molar-refractivity contribution is 6.36. The number of fused-ring (bicyclic) bond motifs is 1. The van der Waals surface area contributed by atoms with Crippen molar-refractivity contribution in [1.29, 1.82) is 0 Å². The second-order valence-electron chi connectivity index (χ2n) is 15.0. The van der Waals surface area contributed by atoms with Crippen LogP contribution in [0.2, 0.25) is 5.02 Å². The van der Waals surface area contributed by atoms with Crippen LogP contribution in [0.1, 0.15) is 49.7 Å². The minimum atomic E-state index is -0.753. The Kier molecular flexibility index (Phi) is 12.7. The SMILES string of the molecule is COc1cc(-c2cccc(-c3cccc4c3cnn4-c3cc(OC)c(CN[C@H]4CCOC[C@@H]4O)c(OC)c3)c2Cl)cc(F)c1CN(C)C1CCC(CC(=O)O)CC1. The van der Waals surface area contributed by atoms with Crippen molar-refractivity contribution in [3.63, 3.8) is 0 Å². The van der Waals surface area contributed by atoms with Crippen molar-refractivity contribution in [3.8, 4) is 45.2 Å². The Bertz CT molecular complexity index is 2200. The number of ether oxygens (including phenoxy) is 4. The first kappa shape index (κ1) is 40.5. The normalized spacial score (nSPS) is 19.9. The van der Waals surface area contributed by atoms with Crippen LogP contribution >= 0.6 is 11.6 Å². The van der Waals surface area contributed by atoms with Crippen molar-refractivity contribution in [2.75, 3.05) is 41.6 Å². The second kappa shape index (κ2) is 17.8. The fraction of sp³-hybridized carbons (Fsp3) is 0.409. The number of carbonyl (C=O) groups is 1. The van der Waals surface area contributed by atoms with Gasteiger partial charge >= 0.3 is 5.97 Å². The second-order valence-corrected chi connectivity index (χ2v) is 15.4. The molecular weight excluding hydrogens is 751 g/mol. The van der Waals surface area contributed by atoms with E-state index in [0.717, 1.165) is 59.0 Å². The van der Waals surface area contributed by atoms with Gasteiger partial charge in [-0.2, -0.15) is 5.10 Å². The first-order chi connectivity index (χ1) is 27.6. The van der Waals surface area contributed by atoms with E-state index < -0.39 is 12.1 Å². The molecule has 5 aromatic rings. The fourth-order valence-corrected chi connectivity index (χ4v) is 8.77. The summed E-state index contributed by atoms with van der Waals surface area (Å²) < 4.78 is 40.7. The van der Waals surface area contributed by atoms with Gasteiger partial charge in [0, 0.05) is 72.4 Å². The number of aromatic nitrogens is 2. The highest BCUT2D eigenvalue weighted by Gasteiger charge is 2.28. The summed E-state index contributed by atoms with van der Waals surface area (Å²) in [4.78, 5) is 13.3. The topological polar surface area (TPSA) is 128 Å². The number of rotatable bonds is 14. The Morgan fingerprint density at radius 3 is 2.30 bits per heavy atom. The molecule has 0 unspecified atom stereocenters. The van der Waals surface area contributed by atoms with Crippen LogP contribution in [0, 0.1) is 11.7 Å². The zero-order valence-corrected chi connectivity index (χ0v) is 33.5. The number of carboxylic acids is 1. The smallest absolute Gasteiger partial charge is 0.303 e. The molecule has 1 saturated carbocycles. The van der Waals surface area contributed by atoms with Crippen LogP contribution in [0.25, 0.3) is 38.8 Å². The van der Waals surface area contributed by atoms with Crippen LogP contribution in [0.5, 0.6) is 17.2 Å². The maximum absolute atomic E-state index is 16.1. The lowest BCUT2D eigenvalue weighted by Gasteiger charge is -2.34. The molecule has 1 aliphatic heterocycles. The van der Waals surface area contributed by atoms with Gasteiger partial charge < -0.3 is 34.5 Å². The predicted octanol–water partition coefficient (Wildman–Crippen LogP) is 7.88. The Morgan fingerprint density at radius 1 is 0.947 bits per heavy atom. The molecule has 302 valence electrons. The largest absolute Gasteiger partial charge is 0.496 e. The van der Waals surface area contributed by atoms with Crippen LogP contribution in [-0.4, -0.2) is 90.6 Å². The summed E-state index contributed by atoms with van der Waals surface area (Å²) in [5.41, 5.74) is 5.77. The fourth-order valence-electron chi connectivity index (χ4n) is 8.43. The summed E-state index contributed by atoms with van der Waals surface area (Å²) in [6.07, 6.45) is 5.57. The molecule has 1 aromatic heterocycles. The van der Waals surface area contributed by atoms with Crippen LogP contribution in [0.3, 0.4) is 0 Å². The van der Waals surface area contributed by atoms with E-state index in [2.05, 4.69) is 10.2 Å². The number of benzene rings is 4. The standard InChI is InChI=1S/C44H50ClFN4O7/c1-49(28-13-11-26(12-14-28)17-43(52)53)24-35-36(46)18-27(19-40(35)54-2)30-7-5-9-32(44(30)45)31-8-6-10-38-33(31)23-48-50(38)29-20-41(55-3)34(42(21-29)56-4)22-47-37-15-16-57-25-39(37)51/h5-10,18-21,23,26,28,37,39,47,51H,11-17,22,24-25H2,1-4H3,(H,52,53)/t26?,28?,37-,39-/m0/s1. The van der Waals surface area contributed by atoms with E-state index in [1.807, 2.05) is 66.3 Å². The third kappa shape index (κ3) is 8.61. The van der Waals surface area contributed by atoms with E-state index in [4.69, 9.17) is 35.6 Å². The Hall–Kier alpha value is -4.72. The molecular formula is C44H50ClFN4O7. The van der Waals surface area contributed by atoms with Crippen molar-refractivity contribution in [3.05, 3.63) is 88.8 Å². The van der Waals surface area contributed by atoms with Crippen molar-refractivity contribution in [2.24, 2.45) is 5.92 Å². The van der Waals surface area contributed by atoms with Crippen LogP contribution < -0.4 is 19.5 Å². The number of hydrogen-bond donors (Lipinski definition) is 3. The lowest BCUT2D eigenvalue weighted by Crippen LogP contribution is -2.46. The molecule has 1 aliphatic carbocycles. The van der Waals surface area contributed by atoms with Crippen molar-refractivity contribution in [1.82, 2.24) is 20.0 Å². The van der Waals surface area contributed by atoms with E-state index in [9.17, 15) is 15.0 Å². The maximum Gasteiger partial charge on any atom is 0.303 e. The van der Waals surface area contributed by atoms with Gasteiger partial charge in [0.25, 0.3) is 0 Å². The van der Waals surface area contributed by atoms with Crippen molar-refractivity contribution < 1.29 is 38.3 Å². The molecule has 11 nitrogen and oxygen atoms in total. The van der Waals surface area contributed by atoms with E-state index in [-0.39, 0.29) is 30.2 Å². The van der Waals surface area contributed by atoms with E-state index in [1.165, 1.54) is 6.07 Å². The lowest BCUT2D eigenvalue weighted by atomic mass is 9.83. The molecule has 0 spiro atoms. The first-order valence-corrected chi connectivity index (χ1v) is 19.8. The van der Waals surface area contributed by atoms with E-state index in [0.29, 0.717) is 71.7 Å². The van der Waals surface area contributed by atoms with Gasteiger partial charge in [0.1, 0.15) is 23.1 Å². The summed E-state index contributed by atoms with van der Waals surface area (Å²) in [7, 11) is 6.77. The Balaban J connectivity index is 1.15. The number of methoxy groups -OCH3 is 3. The minimum Gasteiger partial charge on any atom is -0.496 e. The number of nitrogens with zero attached hydrogens (tertiary/aromatic N) is 3. The van der Waals surface area contributed by atoms with Gasteiger partial charge in [-0.15, -0.1) is 0 Å². The van der Waals surface area contributed by atoms with Gasteiger partial charge in [0.2, 0.25) is 0 Å². The summed E-state index contributed by atoms with van der Waals surface area (Å²) >= 11 is 7.21. The number of hydrogen-bond acceptors (Lipinski definition) is 9. The average Bonchev–Trinajstić information content (AvgIpc) is 3.66. The van der Waals surface area contributed by atoms with Gasteiger partial charge in [-0.3, -0.25) is 9.69 Å². The number of carboxylic acid groups (broad SMARTS) is 1. The third-order valence-corrected chi connectivity index (χ3v) is 12.0. The Morgan fingerprint density at radius 2 is 1.61 bits per heavy atom. The zero-order chi connectivity index (χ0) is 40.2. The number of aliphatic hydroxyl groups excluding tert-OH is 1. The van der Waals surface area contributed by atoms with Crippen molar-refractivity contribution in [2.45, 2.75) is 69.8 Å². The van der Waals surface area contributed by atoms with Crippen LogP contribution in [0.15, 0.2) is 66.9 Å². The van der Waals surface area contributed by atoms with Gasteiger partial charge in [-0.25, -0.2) is 9.07 Å². The number of aliphatic carboxylic acids is 1. The molecule has 2 atom stereocenters. The van der Waals surface area contributed by atoms with E-state index >= 15 is 4.39 Å². The monoisotopic (exact) mass is 800 g/mol. The zero-order valence-electron chi connectivity index (χ0n) is 32.8. The van der Waals surface area contributed by atoms with Crippen molar-refractivity contribution >= 4 is 28.5 Å². The first-order valence-electron chi connectivity index (χ1n) is 19.4. The van der Waals surface area contributed by atoms with Gasteiger partial charge in [0.15, 0.2) is 0 Å². The molecule has 2 heterocycles. The summed E-state index contributed by atoms with van der Waals surface area (Å²) in [5, 5.41) is 29.1. The molecule has 0 radical (unpaired) electrons. The van der Waals surface area contributed by atoms with Crippen LogP contribution in [0.4, 0.5) is 4.39 Å². The average molecular weight is 801 g/mol. The molecule has 13 heteroatoms. The number of aliphatic hydroxyl groups is 1. The molecule has 0 bridgehead atoms. The maximum atomic E-state index is 16.1.